The van der Waals surface area contributed by atoms with Crippen LogP contribution >= 0.6 is 11.3 Å². The van der Waals surface area contributed by atoms with E-state index in [9.17, 15) is 9.90 Å². The van der Waals surface area contributed by atoms with Crippen LogP contribution in [0, 0.1) is 20.8 Å². The molecule has 0 saturated heterocycles. The largest absolute Gasteiger partial charge is 0.508 e. The van der Waals surface area contributed by atoms with Crippen molar-refractivity contribution in [2.75, 3.05) is 10.6 Å². The number of nitrogens with one attached hydrogen (secondary N) is 2. The van der Waals surface area contributed by atoms with Crippen molar-refractivity contribution in [3.8, 4) is 11.6 Å². The summed E-state index contributed by atoms with van der Waals surface area (Å²) in [5.41, 5.74) is 3.04. The van der Waals surface area contributed by atoms with E-state index in [1.165, 1.54) is 17.5 Å². The molecule has 0 saturated carbocycles. The Kier molecular flexibility index (Phi) is 5.00. The molecule has 4 aromatic rings. The lowest BCUT2D eigenvalue weighted by molar-refractivity contribution is 0.103. The predicted octanol–water partition coefficient (Wildman–Crippen LogP) is 3.69. The third-order valence-corrected chi connectivity index (χ3v) is 5.67. The number of anilines is 3. The number of hydrogen-bond acceptors (Lipinski definition) is 7. The molecule has 10 heteroatoms. The number of amides is 1. The second-order valence-corrected chi connectivity index (χ2v) is 8.01. The van der Waals surface area contributed by atoms with Crippen molar-refractivity contribution in [1.82, 2.24) is 24.3 Å². The van der Waals surface area contributed by atoms with Gasteiger partial charge in [0.05, 0.1) is 24.4 Å². The van der Waals surface area contributed by atoms with Crippen LogP contribution in [0.25, 0.3) is 5.82 Å². The van der Waals surface area contributed by atoms with E-state index in [1.807, 2.05) is 31.7 Å². The summed E-state index contributed by atoms with van der Waals surface area (Å²) in [6, 6.07) is 3.38. The van der Waals surface area contributed by atoms with Gasteiger partial charge in [0.2, 0.25) is 0 Å². The second kappa shape index (κ2) is 7.64. The van der Waals surface area contributed by atoms with Gasteiger partial charge in [-0.3, -0.25) is 4.79 Å². The van der Waals surface area contributed by atoms with Crippen LogP contribution in [0.1, 0.15) is 26.4 Å². The van der Waals surface area contributed by atoms with Gasteiger partial charge >= 0.3 is 0 Å². The van der Waals surface area contributed by atoms with Crippen molar-refractivity contribution in [2.45, 2.75) is 20.8 Å². The minimum absolute atomic E-state index is 0.141. The Labute approximate surface area is 177 Å². The summed E-state index contributed by atoms with van der Waals surface area (Å²) in [4.78, 5) is 21.5. The normalized spacial score (nSPS) is 10.9. The topological polar surface area (TPSA) is 110 Å². The summed E-state index contributed by atoms with van der Waals surface area (Å²) < 4.78 is 3.60. The van der Waals surface area contributed by atoms with E-state index in [0.717, 1.165) is 16.9 Å². The van der Waals surface area contributed by atoms with Gasteiger partial charge in [0, 0.05) is 24.4 Å². The Balaban J connectivity index is 1.51. The van der Waals surface area contributed by atoms with E-state index in [1.54, 1.807) is 36.3 Å². The van der Waals surface area contributed by atoms with Crippen molar-refractivity contribution in [3.05, 3.63) is 58.6 Å². The molecular formula is C20H21N7O2S. The van der Waals surface area contributed by atoms with E-state index < -0.39 is 0 Å². The van der Waals surface area contributed by atoms with E-state index >= 15 is 0 Å². The van der Waals surface area contributed by atoms with E-state index in [2.05, 4.69) is 25.7 Å². The number of carbonyl (C=O) groups is 1. The molecule has 0 aliphatic carbocycles. The van der Waals surface area contributed by atoms with Gasteiger partial charge in [-0.05, 0) is 32.4 Å². The molecule has 0 aliphatic rings. The first kappa shape index (κ1) is 19.6. The Bertz CT molecular complexity index is 1240. The fourth-order valence-corrected chi connectivity index (χ4v) is 3.72. The first-order chi connectivity index (χ1) is 14.3. The summed E-state index contributed by atoms with van der Waals surface area (Å²) in [7, 11) is 1.90. The van der Waals surface area contributed by atoms with Crippen LogP contribution in [0.5, 0.6) is 5.75 Å². The average molecular weight is 424 g/mol. The maximum Gasteiger partial charge on any atom is 0.267 e. The fourth-order valence-electron chi connectivity index (χ4n) is 3.01. The minimum atomic E-state index is -0.283. The maximum atomic E-state index is 12.7. The van der Waals surface area contributed by atoms with Crippen LogP contribution in [0.2, 0.25) is 0 Å². The van der Waals surface area contributed by atoms with Gasteiger partial charge in [0.25, 0.3) is 5.91 Å². The third-order valence-electron chi connectivity index (χ3n) is 4.76. The Morgan fingerprint density at radius 2 is 1.97 bits per heavy atom. The molecule has 0 unspecified atom stereocenters. The molecule has 30 heavy (non-hydrogen) atoms. The van der Waals surface area contributed by atoms with Gasteiger partial charge in [0.15, 0.2) is 16.8 Å². The van der Waals surface area contributed by atoms with E-state index in [-0.39, 0.29) is 11.7 Å². The first-order valence-corrected chi connectivity index (χ1v) is 10.0. The summed E-state index contributed by atoms with van der Waals surface area (Å²) in [5.74, 6) is 1.34. The number of imidazole rings is 1. The van der Waals surface area contributed by atoms with Crippen molar-refractivity contribution >= 4 is 33.9 Å². The third kappa shape index (κ3) is 3.64. The zero-order chi connectivity index (χ0) is 21.4. The smallest absolute Gasteiger partial charge is 0.267 e. The number of rotatable bonds is 5. The molecule has 0 aliphatic heterocycles. The summed E-state index contributed by atoms with van der Waals surface area (Å²) in [5, 5.41) is 21.0. The van der Waals surface area contributed by atoms with Crippen LogP contribution < -0.4 is 10.6 Å². The Morgan fingerprint density at radius 1 is 1.17 bits per heavy atom. The number of phenolic OH excluding ortho intramolecular Hbond substituents is 1. The van der Waals surface area contributed by atoms with Crippen LogP contribution in [0.3, 0.4) is 0 Å². The molecule has 0 atom stereocenters. The molecule has 3 N–H and O–H groups in total. The van der Waals surface area contributed by atoms with Crippen molar-refractivity contribution in [1.29, 1.82) is 0 Å². The molecule has 154 valence electrons. The Morgan fingerprint density at radius 3 is 2.70 bits per heavy atom. The lowest BCUT2D eigenvalue weighted by Gasteiger charge is -2.11. The molecule has 9 nitrogen and oxygen atoms in total. The van der Waals surface area contributed by atoms with Gasteiger partial charge in [0.1, 0.15) is 10.6 Å². The van der Waals surface area contributed by atoms with Crippen LogP contribution in [0.15, 0.2) is 37.1 Å². The molecule has 1 aromatic carbocycles. The quantitative estimate of drug-likeness (QED) is 0.452. The van der Waals surface area contributed by atoms with Gasteiger partial charge in [-0.15, -0.1) is 5.10 Å². The number of phenols is 1. The van der Waals surface area contributed by atoms with Gasteiger partial charge < -0.3 is 20.3 Å². The number of aryl methyl sites for hydroxylation is 3. The standard InChI is InChI=1S/C20H21N7O2S/c1-11-5-6-14(28)13(3)17(11)23-19(29)15-7-22-20(30-15)24-18-12(2)9-27(25-18)16-8-21-10-26(16)4/h5-10,28H,1-4H3,(H,23,29)(H,22,24,25). The molecule has 1 amide bonds. The number of thiazole rings is 1. The van der Waals surface area contributed by atoms with Crippen LogP contribution in [0.4, 0.5) is 16.6 Å². The molecule has 0 fully saturated rings. The number of aromatic nitrogens is 5. The van der Waals surface area contributed by atoms with Crippen molar-refractivity contribution in [2.24, 2.45) is 7.05 Å². The molecule has 3 aromatic heterocycles. The van der Waals surface area contributed by atoms with Crippen molar-refractivity contribution in [3.63, 3.8) is 0 Å². The molecule has 0 radical (unpaired) electrons. The van der Waals surface area contributed by atoms with Gasteiger partial charge in [-0.25, -0.2) is 14.6 Å². The van der Waals surface area contributed by atoms with Crippen LogP contribution in [-0.4, -0.2) is 35.3 Å². The molecule has 0 spiro atoms. The van der Waals surface area contributed by atoms with E-state index in [0.29, 0.717) is 27.1 Å². The van der Waals surface area contributed by atoms with Gasteiger partial charge in [-0.1, -0.05) is 17.4 Å². The lowest BCUT2D eigenvalue weighted by atomic mass is 10.1. The molecule has 0 bridgehead atoms. The fraction of sp³-hybridized carbons (Fsp3) is 0.200. The lowest BCUT2D eigenvalue weighted by Crippen LogP contribution is -2.12. The SMILES string of the molecule is Cc1cn(-c2cncn2C)nc1Nc1ncc(C(=O)Nc2c(C)ccc(O)c2C)s1. The number of benzene rings is 1. The number of carbonyl (C=O) groups excluding carboxylic acids is 1. The van der Waals surface area contributed by atoms with Gasteiger partial charge in [-0.2, -0.15) is 0 Å². The molecule has 3 heterocycles. The second-order valence-electron chi connectivity index (χ2n) is 6.98. The summed E-state index contributed by atoms with van der Waals surface area (Å²) in [6.07, 6.45) is 6.85. The number of hydrogen-bond donors (Lipinski definition) is 3. The minimum Gasteiger partial charge on any atom is -0.508 e. The maximum absolute atomic E-state index is 12.7. The highest BCUT2D eigenvalue weighted by Crippen LogP contribution is 2.30. The highest BCUT2D eigenvalue weighted by molar-refractivity contribution is 7.17. The van der Waals surface area contributed by atoms with E-state index in [4.69, 9.17) is 0 Å². The predicted molar refractivity (Wildman–Crippen MR) is 116 cm³/mol. The Hall–Kier alpha value is -3.66. The summed E-state index contributed by atoms with van der Waals surface area (Å²) in [6.45, 7) is 5.58. The monoisotopic (exact) mass is 423 g/mol. The number of aromatic hydroxyl groups is 1. The first-order valence-electron chi connectivity index (χ1n) is 9.20. The number of nitrogens with zero attached hydrogens (tertiary/aromatic N) is 5. The zero-order valence-electron chi connectivity index (χ0n) is 17.0. The molecule has 4 rings (SSSR count). The highest BCUT2D eigenvalue weighted by atomic mass is 32.1. The summed E-state index contributed by atoms with van der Waals surface area (Å²) >= 11 is 1.23. The highest BCUT2D eigenvalue weighted by Gasteiger charge is 2.16. The van der Waals surface area contributed by atoms with Crippen molar-refractivity contribution < 1.29 is 9.90 Å². The molecular weight excluding hydrogens is 402 g/mol. The average Bonchev–Trinajstić information content (AvgIpc) is 3.43. The van der Waals surface area contributed by atoms with Crippen LogP contribution in [-0.2, 0) is 7.05 Å². The zero-order valence-corrected chi connectivity index (χ0v) is 17.8.